The van der Waals surface area contributed by atoms with Crippen molar-refractivity contribution in [3.63, 3.8) is 0 Å². The monoisotopic (exact) mass is 350 g/mol. The lowest BCUT2D eigenvalue weighted by molar-refractivity contribution is 0.518. The normalized spacial score (nSPS) is 21.2. The number of aryl methyl sites for hydroxylation is 1. The van der Waals surface area contributed by atoms with Crippen LogP contribution in [-0.4, -0.2) is 14.4 Å². The third kappa shape index (κ3) is 2.16. The van der Waals surface area contributed by atoms with E-state index >= 15 is 0 Å². The van der Waals surface area contributed by atoms with Crippen LogP contribution in [-0.2, 0) is 5.41 Å². The SMILES string of the molecule is Cc1csc2nc(-c3ccc(C4(C)CC4(C)C)nc3)c(C#N)c(=O)n12. The zero-order valence-corrected chi connectivity index (χ0v) is 15.4. The van der Waals surface area contributed by atoms with Crippen LogP contribution in [0.2, 0.25) is 0 Å². The van der Waals surface area contributed by atoms with Gasteiger partial charge in [-0.1, -0.05) is 20.8 Å². The Hall–Kier alpha value is -2.52. The van der Waals surface area contributed by atoms with Crippen LogP contribution in [0, 0.1) is 23.7 Å². The van der Waals surface area contributed by atoms with E-state index in [1.807, 2.05) is 30.5 Å². The van der Waals surface area contributed by atoms with E-state index in [4.69, 9.17) is 0 Å². The Balaban J connectivity index is 1.86. The molecule has 5 nitrogen and oxygen atoms in total. The summed E-state index contributed by atoms with van der Waals surface area (Å²) in [5.74, 6) is 0. The molecular weight excluding hydrogens is 332 g/mol. The van der Waals surface area contributed by atoms with Crippen LogP contribution in [0.3, 0.4) is 0 Å². The number of thiazole rings is 1. The molecule has 4 rings (SSSR count). The Labute approximate surface area is 149 Å². The average Bonchev–Trinajstić information content (AvgIpc) is 2.90. The fourth-order valence-electron chi connectivity index (χ4n) is 3.53. The molecule has 0 spiro atoms. The summed E-state index contributed by atoms with van der Waals surface area (Å²) in [6.45, 7) is 8.54. The molecule has 1 aliphatic rings. The Bertz CT molecular complexity index is 1100. The third-order valence-corrected chi connectivity index (χ3v) is 6.56. The third-order valence-electron chi connectivity index (χ3n) is 5.62. The van der Waals surface area contributed by atoms with E-state index in [1.165, 1.54) is 15.7 Å². The van der Waals surface area contributed by atoms with Crippen LogP contribution in [0.1, 0.15) is 44.1 Å². The molecule has 0 N–H and O–H groups in total. The summed E-state index contributed by atoms with van der Waals surface area (Å²) in [7, 11) is 0. The Morgan fingerprint density at radius 3 is 2.60 bits per heavy atom. The van der Waals surface area contributed by atoms with Crippen LogP contribution in [0.5, 0.6) is 0 Å². The molecule has 0 amide bonds. The largest absolute Gasteiger partial charge is 0.277 e. The molecule has 1 saturated carbocycles. The lowest BCUT2D eigenvalue weighted by Crippen LogP contribution is -2.19. The molecule has 0 radical (unpaired) electrons. The lowest BCUT2D eigenvalue weighted by Gasteiger charge is -2.14. The first kappa shape index (κ1) is 16.0. The number of rotatable bonds is 2. The minimum atomic E-state index is -0.319. The summed E-state index contributed by atoms with van der Waals surface area (Å²) in [4.78, 5) is 22.4. The maximum atomic E-state index is 12.6. The summed E-state index contributed by atoms with van der Waals surface area (Å²) >= 11 is 1.40. The fraction of sp³-hybridized carbons (Fsp3) is 0.368. The zero-order valence-electron chi connectivity index (χ0n) is 14.6. The van der Waals surface area contributed by atoms with Gasteiger partial charge in [0.25, 0.3) is 5.56 Å². The minimum absolute atomic E-state index is 0.0616. The van der Waals surface area contributed by atoms with Crippen molar-refractivity contribution in [2.45, 2.75) is 39.5 Å². The lowest BCUT2D eigenvalue weighted by atomic mass is 9.93. The van der Waals surface area contributed by atoms with Crippen molar-refractivity contribution in [3.8, 4) is 17.3 Å². The van der Waals surface area contributed by atoms with Gasteiger partial charge in [-0.15, -0.1) is 11.3 Å². The first-order valence-electron chi connectivity index (χ1n) is 8.16. The molecule has 6 heteroatoms. The van der Waals surface area contributed by atoms with Gasteiger partial charge in [-0.2, -0.15) is 5.26 Å². The molecule has 0 saturated heterocycles. The van der Waals surface area contributed by atoms with Crippen LogP contribution in [0.15, 0.2) is 28.5 Å². The molecule has 3 aromatic heterocycles. The van der Waals surface area contributed by atoms with Crippen LogP contribution >= 0.6 is 11.3 Å². The number of fused-ring (bicyclic) bond motifs is 1. The second kappa shape index (κ2) is 4.99. The molecule has 0 bridgehead atoms. The van der Waals surface area contributed by atoms with E-state index in [0.29, 0.717) is 16.2 Å². The van der Waals surface area contributed by atoms with Gasteiger partial charge in [0.2, 0.25) is 0 Å². The molecule has 3 heterocycles. The van der Waals surface area contributed by atoms with Crippen molar-refractivity contribution in [2.75, 3.05) is 0 Å². The fourth-order valence-corrected chi connectivity index (χ4v) is 4.39. The molecule has 126 valence electrons. The average molecular weight is 350 g/mol. The molecule has 1 fully saturated rings. The smallest absolute Gasteiger partial charge is 0.267 e. The minimum Gasteiger partial charge on any atom is -0.267 e. The zero-order chi connectivity index (χ0) is 18.0. The summed E-state index contributed by atoms with van der Waals surface area (Å²) in [6, 6.07) is 5.94. The molecule has 0 aliphatic heterocycles. The van der Waals surface area contributed by atoms with Crippen molar-refractivity contribution in [2.24, 2.45) is 5.41 Å². The van der Waals surface area contributed by atoms with Gasteiger partial charge in [0.15, 0.2) is 4.96 Å². The first-order chi connectivity index (χ1) is 11.8. The van der Waals surface area contributed by atoms with Crippen molar-refractivity contribution >= 4 is 16.3 Å². The van der Waals surface area contributed by atoms with Crippen LogP contribution in [0.4, 0.5) is 0 Å². The highest BCUT2D eigenvalue weighted by Gasteiger charge is 2.59. The van der Waals surface area contributed by atoms with Gasteiger partial charge >= 0.3 is 0 Å². The number of hydrogen-bond donors (Lipinski definition) is 0. The van der Waals surface area contributed by atoms with Crippen LogP contribution < -0.4 is 5.56 Å². The van der Waals surface area contributed by atoms with Crippen molar-refractivity contribution in [3.05, 3.63) is 51.0 Å². The van der Waals surface area contributed by atoms with Gasteiger partial charge < -0.3 is 0 Å². The summed E-state index contributed by atoms with van der Waals surface area (Å²) in [5, 5.41) is 11.4. The maximum absolute atomic E-state index is 12.6. The predicted molar refractivity (Wildman–Crippen MR) is 97.8 cm³/mol. The van der Waals surface area contributed by atoms with Crippen molar-refractivity contribution in [1.82, 2.24) is 14.4 Å². The molecule has 3 aromatic rings. The second-order valence-electron chi connectivity index (χ2n) is 7.57. The van der Waals surface area contributed by atoms with E-state index < -0.39 is 0 Å². The summed E-state index contributed by atoms with van der Waals surface area (Å²) in [5.41, 5.74) is 3.03. The van der Waals surface area contributed by atoms with Gasteiger partial charge in [-0.05, 0) is 30.9 Å². The standard InChI is InChI=1S/C19H18N4OS/c1-11-9-25-17-22-15(13(7-20)16(24)23(11)17)12-5-6-14(21-8-12)19(4)10-18(19,2)3/h5-6,8-9H,10H2,1-4H3. The van der Waals surface area contributed by atoms with E-state index in [2.05, 4.69) is 30.7 Å². The van der Waals surface area contributed by atoms with Crippen LogP contribution in [0.25, 0.3) is 16.2 Å². The Morgan fingerprint density at radius 1 is 1.32 bits per heavy atom. The topological polar surface area (TPSA) is 71.0 Å². The van der Waals surface area contributed by atoms with Gasteiger partial charge in [0, 0.05) is 33.9 Å². The molecular formula is C19H18N4OS. The molecule has 1 aliphatic carbocycles. The van der Waals surface area contributed by atoms with Crippen molar-refractivity contribution in [1.29, 1.82) is 5.26 Å². The quantitative estimate of drug-likeness (QED) is 0.707. The highest BCUT2D eigenvalue weighted by Crippen LogP contribution is 2.63. The first-order valence-corrected chi connectivity index (χ1v) is 9.04. The number of aromatic nitrogens is 3. The second-order valence-corrected chi connectivity index (χ2v) is 8.41. The van der Waals surface area contributed by atoms with E-state index in [9.17, 15) is 10.1 Å². The Morgan fingerprint density at radius 2 is 2.04 bits per heavy atom. The van der Waals surface area contributed by atoms with Gasteiger partial charge in [-0.25, -0.2) is 4.98 Å². The predicted octanol–water partition coefficient (Wildman–Crippen LogP) is 3.69. The summed E-state index contributed by atoms with van der Waals surface area (Å²) < 4.78 is 1.49. The van der Waals surface area contributed by atoms with E-state index in [1.54, 1.807) is 6.20 Å². The summed E-state index contributed by atoms with van der Waals surface area (Å²) in [6.07, 6.45) is 2.84. The number of hydrogen-bond acceptors (Lipinski definition) is 5. The molecule has 1 unspecified atom stereocenters. The Kier molecular flexibility index (Phi) is 3.19. The maximum Gasteiger partial charge on any atom is 0.277 e. The number of pyridine rings is 1. The van der Waals surface area contributed by atoms with Gasteiger partial charge in [-0.3, -0.25) is 14.2 Å². The number of nitriles is 1. The molecule has 0 aromatic carbocycles. The molecule has 25 heavy (non-hydrogen) atoms. The van der Waals surface area contributed by atoms with Crippen molar-refractivity contribution < 1.29 is 0 Å². The molecule has 1 atom stereocenters. The highest BCUT2D eigenvalue weighted by atomic mass is 32.1. The van der Waals surface area contributed by atoms with Gasteiger partial charge in [0.1, 0.15) is 11.6 Å². The highest BCUT2D eigenvalue weighted by molar-refractivity contribution is 7.15. The van der Waals surface area contributed by atoms with E-state index in [0.717, 1.165) is 17.8 Å². The van der Waals surface area contributed by atoms with E-state index in [-0.39, 0.29) is 22.0 Å². The number of nitrogens with zero attached hydrogens (tertiary/aromatic N) is 4. The van der Waals surface area contributed by atoms with Gasteiger partial charge in [0.05, 0.1) is 5.69 Å².